The van der Waals surface area contributed by atoms with E-state index in [4.69, 9.17) is 0 Å². The van der Waals surface area contributed by atoms with Gasteiger partial charge < -0.3 is 0 Å². The van der Waals surface area contributed by atoms with Crippen LogP contribution in [0, 0.1) is 0 Å². The van der Waals surface area contributed by atoms with Crippen LogP contribution in [0.4, 0.5) is 0 Å². The lowest BCUT2D eigenvalue weighted by molar-refractivity contribution is 0.509. The first-order valence-electron chi connectivity index (χ1n) is 23.0. The zero-order valence-corrected chi connectivity index (χ0v) is 41.6. The Hall–Kier alpha value is 0.614. The van der Waals surface area contributed by atoms with Crippen LogP contribution in [0.2, 0.25) is 10.1 Å². The minimum atomic E-state index is -0.358. The van der Waals surface area contributed by atoms with Gasteiger partial charge in [-0.25, -0.2) is 0 Å². The van der Waals surface area contributed by atoms with Crippen molar-refractivity contribution in [2.24, 2.45) is 0 Å². The fraction of sp³-hybridized carbons (Fsp3) is 0.872. The van der Waals surface area contributed by atoms with Crippen molar-refractivity contribution >= 4 is 61.3 Å². The second kappa shape index (κ2) is 32.8. The summed E-state index contributed by atoms with van der Waals surface area (Å²) >= 11 is 7.87. The molecule has 1 rings (SSSR count). The van der Waals surface area contributed by atoms with Gasteiger partial charge in [-0.05, 0) is 15.6 Å². The second-order valence-corrected chi connectivity index (χ2v) is 27.6. The van der Waals surface area contributed by atoms with Gasteiger partial charge in [-0.2, -0.15) is 0 Å². The lowest BCUT2D eigenvalue weighted by atomic mass is 10.0. The zero-order chi connectivity index (χ0) is 37.5. The number of halogens is 2. The fourth-order valence-electron chi connectivity index (χ4n) is 8.31. The summed E-state index contributed by atoms with van der Waals surface area (Å²) in [7, 11) is -0.679. The standard InChI is InChI=1S/C47H90Br2Si2/c1-7-9-11-13-15-17-19-21-23-25-27-29-31-33-35-39-46(3,4)50-42-37-38-44(43(41-42)45(48)49)51-47(5,6)40-36-34-32-30-28-26-24-22-20-18-16-14-12-10-8-2/h37-38,41,45H,7-36,39-40,50-51H2,1-6H3. The molecule has 1 aromatic rings. The zero-order valence-electron chi connectivity index (χ0n) is 35.6. The Morgan fingerprint density at radius 3 is 1.04 bits per heavy atom. The van der Waals surface area contributed by atoms with Crippen LogP contribution in [-0.4, -0.2) is 19.0 Å². The molecule has 0 aliphatic rings. The minimum absolute atomic E-state index is 0.279. The van der Waals surface area contributed by atoms with Crippen LogP contribution in [-0.2, 0) is 0 Å². The second-order valence-electron chi connectivity index (χ2n) is 18.4. The molecule has 0 amide bonds. The van der Waals surface area contributed by atoms with E-state index in [1.807, 2.05) is 0 Å². The SMILES string of the molecule is CCCCCCCCCCCCCCCCCC(C)(C)[SiH2]c1ccc([SiH2]C(C)(C)CCCCCCCCCCCCCCCCC)c(C(Br)Br)c1. The lowest BCUT2D eigenvalue weighted by Gasteiger charge is -2.28. The van der Waals surface area contributed by atoms with Gasteiger partial charge in [-0.3, -0.25) is 0 Å². The first-order valence-corrected chi connectivity index (χ1v) is 27.7. The minimum Gasteiger partial charge on any atom is -0.0712 e. The summed E-state index contributed by atoms with van der Waals surface area (Å²) in [6.07, 6.45) is 46.3. The number of alkyl halides is 2. The number of rotatable bonds is 37. The monoisotopic (exact) mass is 868 g/mol. The van der Waals surface area contributed by atoms with E-state index < -0.39 is 0 Å². The molecule has 0 bridgehead atoms. The van der Waals surface area contributed by atoms with Crippen LogP contribution in [0.3, 0.4) is 0 Å². The van der Waals surface area contributed by atoms with Crippen molar-refractivity contribution in [2.45, 2.75) is 261 Å². The van der Waals surface area contributed by atoms with Crippen molar-refractivity contribution < 1.29 is 0 Å². The Balaban J connectivity index is 2.23. The van der Waals surface area contributed by atoms with Crippen LogP contribution in [0.1, 0.15) is 256 Å². The van der Waals surface area contributed by atoms with Gasteiger partial charge in [0, 0.05) is 0 Å². The Morgan fingerprint density at radius 1 is 0.431 bits per heavy atom. The molecule has 1 aromatic carbocycles. The molecule has 0 fully saturated rings. The third-order valence-corrected chi connectivity index (χ3v) is 17.2. The smallest absolute Gasteiger partial charge is 0.0712 e. The fourth-order valence-corrected chi connectivity index (χ4v) is 14.1. The number of unbranched alkanes of at least 4 members (excludes halogenated alkanes) is 28. The topological polar surface area (TPSA) is 0 Å². The van der Waals surface area contributed by atoms with Crippen LogP contribution >= 0.6 is 31.9 Å². The van der Waals surface area contributed by atoms with Crippen molar-refractivity contribution in [2.75, 3.05) is 0 Å². The maximum absolute atomic E-state index is 3.93. The van der Waals surface area contributed by atoms with Crippen LogP contribution in [0.25, 0.3) is 0 Å². The Labute approximate surface area is 343 Å². The molecule has 0 aromatic heterocycles. The van der Waals surface area contributed by atoms with E-state index in [0.717, 1.165) is 0 Å². The van der Waals surface area contributed by atoms with E-state index in [9.17, 15) is 0 Å². The molecule has 0 aliphatic heterocycles. The molecule has 0 heterocycles. The average Bonchev–Trinajstić information content (AvgIpc) is 3.08. The molecule has 4 heteroatoms. The van der Waals surface area contributed by atoms with Gasteiger partial charge in [0.25, 0.3) is 0 Å². The first kappa shape index (κ1) is 49.6. The van der Waals surface area contributed by atoms with E-state index >= 15 is 0 Å². The summed E-state index contributed by atoms with van der Waals surface area (Å²) in [6, 6.07) is 7.69. The number of hydrogen-bond donors (Lipinski definition) is 0. The molecule has 0 N–H and O–H groups in total. The third-order valence-electron chi connectivity index (χ3n) is 11.7. The number of benzene rings is 1. The summed E-state index contributed by atoms with van der Waals surface area (Å²) in [5.41, 5.74) is 1.54. The third kappa shape index (κ3) is 29.6. The first-order chi connectivity index (χ1) is 24.6. The predicted octanol–water partition coefficient (Wildman–Crippen LogP) is 16.0. The predicted molar refractivity (Wildman–Crippen MR) is 251 cm³/mol. The van der Waals surface area contributed by atoms with Gasteiger partial charge in [0.15, 0.2) is 0 Å². The van der Waals surface area contributed by atoms with E-state index in [2.05, 4.69) is 91.6 Å². The highest BCUT2D eigenvalue weighted by molar-refractivity contribution is 9.24. The quantitative estimate of drug-likeness (QED) is 0.0355. The maximum atomic E-state index is 3.93. The maximum Gasteiger partial charge on any atom is 0.0945 e. The van der Waals surface area contributed by atoms with Crippen molar-refractivity contribution in [3.8, 4) is 0 Å². The molecule has 0 atom stereocenters. The van der Waals surface area contributed by atoms with Gasteiger partial charge in [-0.1, -0.05) is 307 Å². The molecule has 300 valence electrons. The van der Waals surface area contributed by atoms with E-state index in [1.54, 1.807) is 15.9 Å². The average molecular weight is 871 g/mol. The van der Waals surface area contributed by atoms with Crippen molar-refractivity contribution in [3.63, 3.8) is 0 Å². The molecule has 0 nitrogen and oxygen atoms in total. The molecule has 0 saturated carbocycles. The van der Waals surface area contributed by atoms with Crippen molar-refractivity contribution in [1.29, 1.82) is 0 Å². The van der Waals surface area contributed by atoms with E-state index in [-0.39, 0.29) is 22.8 Å². The highest BCUT2D eigenvalue weighted by Gasteiger charge is 2.24. The van der Waals surface area contributed by atoms with Gasteiger partial charge >= 0.3 is 0 Å². The van der Waals surface area contributed by atoms with Gasteiger partial charge in [-0.15, -0.1) is 0 Å². The van der Waals surface area contributed by atoms with E-state index in [0.29, 0.717) is 10.1 Å². The lowest BCUT2D eigenvalue weighted by Crippen LogP contribution is -2.33. The molecule has 0 spiro atoms. The summed E-state index contributed by atoms with van der Waals surface area (Å²) < 4.78 is 0.279. The molecule has 0 unspecified atom stereocenters. The molecule has 0 saturated heterocycles. The Bertz CT molecular complexity index is 912. The molecule has 51 heavy (non-hydrogen) atoms. The van der Waals surface area contributed by atoms with Gasteiger partial charge in [0.2, 0.25) is 0 Å². The van der Waals surface area contributed by atoms with Gasteiger partial charge in [0.05, 0.1) is 22.8 Å². The molecule has 0 aliphatic carbocycles. The summed E-state index contributed by atoms with van der Waals surface area (Å²) in [4.78, 5) is 0. The van der Waals surface area contributed by atoms with Crippen LogP contribution in [0.5, 0.6) is 0 Å². The number of hydrogen-bond acceptors (Lipinski definition) is 0. The van der Waals surface area contributed by atoms with Crippen molar-refractivity contribution in [3.05, 3.63) is 23.8 Å². The largest absolute Gasteiger partial charge is 0.0945 e. The van der Waals surface area contributed by atoms with Crippen molar-refractivity contribution in [1.82, 2.24) is 0 Å². The summed E-state index contributed by atoms with van der Waals surface area (Å²) in [5, 5.41) is 4.34. The van der Waals surface area contributed by atoms with Crippen LogP contribution in [0.15, 0.2) is 18.2 Å². The molecule has 0 radical (unpaired) electrons. The summed E-state index contributed by atoms with van der Waals surface area (Å²) in [6.45, 7) is 14.9. The molecular formula is C47H90Br2Si2. The highest BCUT2D eigenvalue weighted by Crippen LogP contribution is 2.34. The highest BCUT2D eigenvalue weighted by atomic mass is 79.9. The van der Waals surface area contributed by atoms with Crippen LogP contribution < -0.4 is 10.4 Å². The van der Waals surface area contributed by atoms with E-state index in [1.165, 1.54) is 205 Å². The Morgan fingerprint density at radius 2 is 0.725 bits per heavy atom. The van der Waals surface area contributed by atoms with Gasteiger partial charge in [0.1, 0.15) is 0 Å². The normalized spacial score (nSPS) is 12.9. The summed E-state index contributed by atoms with van der Waals surface area (Å²) in [5.74, 6) is 0. The Kier molecular flexibility index (Phi) is 31.9. The molecular weight excluding hydrogens is 780 g/mol.